The highest BCUT2D eigenvalue weighted by Crippen LogP contribution is 2.28. The molecule has 2 aromatic rings. The van der Waals surface area contributed by atoms with E-state index < -0.39 is 11.9 Å². The van der Waals surface area contributed by atoms with Crippen LogP contribution in [0.5, 0.6) is 0 Å². The number of nitrogens with zero attached hydrogens (tertiary/aromatic N) is 5. The van der Waals surface area contributed by atoms with Crippen LogP contribution in [0.2, 0.25) is 0 Å². The summed E-state index contributed by atoms with van der Waals surface area (Å²) in [6.07, 6.45) is -4.40. The molecule has 0 N–H and O–H groups in total. The summed E-state index contributed by atoms with van der Waals surface area (Å²) in [4.78, 5) is 13.9. The van der Waals surface area contributed by atoms with E-state index in [2.05, 4.69) is 10.2 Å². The van der Waals surface area contributed by atoms with Crippen LogP contribution in [0.15, 0.2) is 6.07 Å². The molecule has 0 saturated carbocycles. The fourth-order valence-corrected chi connectivity index (χ4v) is 2.86. The fourth-order valence-electron chi connectivity index (χ4n) is 2.86. The van der Waals surface area contributed by atoms with Gasteiger partial charge in [-0.25, -0.2) is 0 Å². The lowest BCUT2D eigenvalue weighted by molar-refractivity contribution is -0.141. The highest BCUT2D eigenvalue weighted by Gasteiger charge is 2.34. The minimum Gasteiger partial charge on any atom is -0.341 e. The number of rotatable bonds is 6. The van der Waals surface area contributed by atoms with Crippen LogP contribution < -0.4 is 0 Å². The van der Waals surface area contributed by atoms with Crippen LogP contribution >= 0.6 is 0 Å². The van der Waals surface area contributed by atoms with Gasteiger partial charge in [0.05, 0.1) is 5.69 Å². The SMILES string of the molecule is CCn1nc(C)c(CN(C)C(=O)CCn2nc(C(F)(F)F)cc2C)c1C. The molecule has 2 heterocycles. The minimum absolute atomic E-state index is 0.0797. The van der Waals surface area contributed by atoms with E-state index in [4.69, 9.17) is 0 Å². The third-order valence-electron chi connectivity index (χ3n) is 4.46. The molecule has 0 bridgehead atoms. The molecule has 0 aliphatic rings. The van der Waals surface area contributed by atoms with Crippen molar-refractivity contribution in [2.45, 2.75) is 59.9 Å². The van der Waals surface area contributed by atoms with E-state index in [1.54, 1.807) is 18.9 Å². The van der Waals surface area contributed by atoms with Crippen molar-refractivity contribution < 1.29 is 18.0 Å². The van der Waals surface area contributed by atoms with E-state index >= 15 is 0 Å². The monoisotopic (exact) mass is 371 g/mol. The third-order valence-corrected chi connectivity index (χ3v) is 4.46. The lowest BCUT2D eigenvalue weighted by Gasteiger charge is -2.18. The number of carbonyl (C=O) groups excluding carboxylic acids is 1. The molecule has 0 spiro atoms. The molecule has 26 heavy (non-hydrogen) atoms. The fraction of sp³-hybridized carbons (Fsp3) is 0.588. The van der Waals surface area contributed by atoms with Crippen molar-refractivity contribution in [1.82, 2.24) is 24.5 Å². The van der Waals surface area contributed by atoms with Gasteiger partial charge in [-0.2, -0.15) is 23.4 Å². The lowest BCUT2D eigenvalue weighted by atomic mass is 10.2. The van der Waals surface area contributed by atoms with Gasteiger partial charge >= 0.3 is 6.18 Å². The van der Waals surface area contributed by atoms with E-state index in [0.717, 1.165) is 29.6 Å². The van der Waals surface area contributed by atoms with Crippen molar-refractivity contribution in [1.29, 1.82) is 0 Å². The predicted octanol–water partition coefficient (Wildman–Crippen LogP) is 3.09. The Morgan fingerprint density at radius 1 is 1.19 bits per heavy atom. The van der Waals surface area contributed by atoms with E-state index in [9.17, 15) is 18.0 Å². The number of amides is 1. The normalized spacial score (nSPS) is 11.8. The second kappa shape index (κ2) is 7.51. The topological polar surface area (TPSA) is 56.0 Å². The average molecular weight is 371 g/mol. The number of halogens is 3. The molecule has 0 saturated heterocycles. The third kappa shape index (κ3) is 4.25. The van der Waals surface area contributed by atoms with Gasteiger partial charge in [0.1, 0.15) is 0 Å². The largest absolute Gasteiger partial charge is 0.435 e. The van der Waals surface area contributed by atoms with Gasteiger partial charge in [-0.1, -0.05) is 0 Å². The van der Waals surface area contributed by atoms with Crippen LogP contribution in [0.4, 0.5) is 13.2 Å². The molecule has 9 heteroatoms. The van der Waals surface area contributed by atoms with Gasteiger partial charge in [0.15, 0.2) is 5.69 Å². The Kier molecular flexibility index (Phi) is 5.77. The average Bonchev–Trinajstić information content (AvgIpc) is 3.06. The van der Waals surface area contributed by atoms with Gasteiger partial charge < -0.3 is 4.90 Å². The molecule has 6 nitrogen and oxygen atoms in total. The minimum atomic E-state index is -4.48. The number of hydrogen-bond donors (Lipinski definition) is 0. The Labute approximate surface area is 150 Å². The van der Waals surface area contributed by atoms with Crippen LogP contribution in [0.1, 0.15) is 41.7 Å². The number of hydrogen-bond acceptors (Lipinski definition) is 3. The molecule has 0 atom stereocenters. The van der Waals surface area contributed by atoms with Gasteiger partial charge in [0.25, 0.3) is 0 Å². The summed E-state index contributed by atoms with van der Waals surface area (Å²) in [6.45, 7) is 8.69. The zero-order valence-electron chi connectivity index (χ0n) is 15.7. The van der Waals surface area contributed by atoms with Crippen molar-refractivity contribution >= 4 is 5.91 Å². The molecule has 0 radical (unpaired) electrons. The Hall–Kier alpha value is -2.32. The zero-order chi connectivity index (χ0) is 19.6. The number of carbonyl (C=O) groups is 1. The van der Waals surface area contributed by atoms with Crippen LogP contribution in [0.3, 0.4) is 0 Å². The van der Waals surface area contributed by atoms with E-state index in [0.29, 0.717) is 12.2 Å². The Balaban J connectivity index is 2.00. The quantitative estimate of drug-likeness (QED) is 0.784. The number of aromatic nitrogens is 4. The Morgan fingerprint density at radius 3 is 2.35 bits per heavy atom. The predicted molar refractivity (Wildman–Crippen MR) is 90.4 cm³/mol. The summed E-state index contributed by atoms with van der Waals surface area (Å²) in [5, 5.41) is 7.98. The molecule has 0 aromatic carbocycles. The van der Waals surface area contributed by atoms with Gasteiger partial charge in [-0.3, -0.25) is 14.2 Å². The smallest absolute Gasteiger partial charge is 0.341 e. The van der Waals surface area contributed by atoms with Crippen LogP contribution in [0, 0.1) is 20.8 Å². The Bertz CT molecular complexity index is 791. The molecular formula is C17H24F3N5O. The molecule has 2 aromatic heterocycles. The highest BCUT2D eigenvalue weighted by atomic mass is 19.4. The maximum absolute atomic E-state index is 12.7. The Morgan fingerprint density at radius 2 is 1.85 bits per heavy atom. The summed E-state index contributed by atoms with van der Waals surface area (Å²) in [5.41, 5.74) is 2.33. The molecule has 0 unspecified atom stereocenters. The van der Waals surface area contributed by atoms with Crippen molar-refractivity contribution in [2.24, 2.45) is 0 Å². The first-order valence-corrected chi connectivity index (χ1v) is 8.43. The standard InChI is InChI=1S/C17H24F3N5O/c1-6-24-13(4)14(12(3)21-24)10-23(5)16(26)7-8-25-11(2)9-15(22-25)17(18,19)20/h9H,6-8,10H2,1-5H3. The van der Waals surface area contributed by atoms with Crippen molar-refractivity contribution in [2.75, 3.05) is 7.05 Å². The van der Waals surface area contributed by atoms with Crippen molar-refractivity contribution in [3.05, 3.63) is 34.4 Å². The zero-order valence-corrected chi connectivity index (χ0v) is 15.7. The summed E-state index contributed by atoms with van der Waals surface area (Å²) in [5.74, 6) is -0.156. The molecule has 144 valence electrons. The maximum atomic E-state index is 12.7. The van der Waals surface area contributed by atoms with Gasteiger partial charge in [0, 0.05) is 50.1 Å². The molecule has 0 fully saturated rings. The first-order valence-electron chi connectivity index (χ1n) is 8.43. The van der Waals surface area contributed by atoms with E-state index in [1.165, 1.54) is 4.68 Å². The van der Waals surface area contributed by atoms with Gasteiger partial charge in [-0.15, -0.1) is 0 Å². The first-order chi connectivity index (χ1) is 12.0. The summed E-state index contributed by atoms with van der Waals surface area (Å²) in [7, 11) is 1.68. The first kappa shape index (κ1) is 20.0. The second-order valence-corrected chi connectivity index (χ2v) is 6.36. The van der Waals surface area contributed by atoms with E-state index in [1.807, 2.05) is 25.5 Å². The molecule has 2 rings (SSSR count). The molecule has 0 aliphatic carbocycles. The van der Waals surface area contributed by atoms with Crippen LogP contribution in [-0.4, -0.2) is 37.4 Å². The van der Waals surface area contributed by atoms with Gasteiger partial charge in [0.2, 0.25) is 5.91 Å². The number of alkyl halides is 3. The van der Waals surface area contributed by atoms with Crippen molar-refractivity contribution in [3.63, 3.8) is 0 Å². The van der Waals surface area contributed by atoms with E-state index in [-0.39, 0.29) is 18.9 Å². The summed E-state index contributed by atoms with van der Waals surface area (Å²) >= 11 is 0. The van der Waals surface area contributed by atoms with Crippen molar-refractivity contribution in [3.8, 4) is 0 Å². The lowest BCUT2D eigenvalue weighted by Crippen LogP contribution is -2.28. The number of aryl methyl sites for hydroxylation is 4. The molecule has 1 amide bonds. The van der Waals surface area contributed by atoms with Gasteiger partial charge in [-0.05, 0) is 33.8 Å². The molecule has 0 aliphatic heterocycles. The maximum Gasteiger partial charge on any atom is 0.435 e. The van der Waals surface area contributed by atoms with Crippen LogP contribution in [0.25, 0.3) is 0 Å². The summed E-state index contributed by atoms with van der Waals surface area (Å²) < 4.78 is 41.2. The second-order valence-electron chi connectivity index (χ2n) is 6.36. The van der Waals surface area contributed by atoms with Crippen LogP contribution in [-0.2, 0) is 30.6 Å². The molecular weight excluding hydrogens is 347 g/mol. The summed E-state index contributed by atoms with van der Waals surface area (Å²) in [6, 6.07) is 0.986. The highest BCUT2D eigenvalue weighted by molar-refractivity contribution is 5.75.